The monoisotopic (exact) mass is 367 g/mol. The number of aromatic carboxylic acids is 1. The van der Waals surface area contributed by atoms with Gasteiger partial charge in [0.15, 0.2) is 0 Å². The maximum Gasteiger partial charge on any atom is 0.337 e. The van der Waals surface area contributed by atoms with E-state index in [0.717, 1.165) is 10.0 Å². The molecule has 0 radical (unpaired) electrons. The summed E-state index contributed by atoms with van der Waals surface area (Å²) >= 11 is 9.24. The lowest BCUT2D eigenvalue weighted by atomic mass is 10.1. The molecule has 0 atom stereocenters. The van der Waals surface area contributed by atoms with E-state index in [4.69, 9.17) is 16.7 Å². The lowest BCUT2D eigenvalue weighted by Gasteiger charge is -2.09. The number of hydrogen-bond donors (Lipinski definition) is 2. The highest BCUT2D eigenvalue weighted by atomic mass is 79.9. The summed E-state index contributed by atoms with van der Waals surface area (Å²) in [5.74, 6) is -1.41. The molecule has 0 heterocycles. The second kappa shape index (κ2) is 6.28. The van der Waals surface area contributed by atoms with Gasteiger partial charge in [0.05, 0.1) is 16.1 Å². The molecule has 0 aliphatic heterocycles. The highest BCUT2D eigenvalue weighted by molar-refractivity contribution is 9.10. The normalized spacial score (nSPS) is 10.2. The minimum atomic E-state index is -1.11. The van der Waals surface area contributed by atoms with Gasteiger partial charge in [-0.25, -0.2) is 4.79 Å². The number of hydrogen-bond acceptors (Lipinski definition) is 2. The van der Waals surface area contributed by atoms with E-state index in [1.807, 2.05) is 13.0 Å². The number of aryl methyl sites for hydroxylation is 1. The third-order valence-electron chi connectivity index (χ3n) is 2.89. The van der Waals surface area contributed by atoms with Crippen molar-refractivity contribution >= 4 is 45.1 Å². The SMILES string of the molecule is Cc1cccc(C(=O)Nc2ccc(C(=O)O)c(Cl)c2)c1Br. The van der Waals surface area contributed by atoms with E-state index in [9.17, 15) is 9.59 Å². The molecule has 0 fully saturated rings. The molecule has 0 bridgehead atoms. The van der Waals surface area contributed by atoms with Gasteiger partial charge in [0.1, 0.15) is 0 Å². The van der Waals surface area contributed by atoms with Crippen LogP contribution in [0.3, 0.4) is 0 Å². The fraction of sp³-hybridized carbons (Fsp3) is 0.0667. The molecule has 0 unspecified atom stereocenters. The number of nitrogens with one attached hydrogen (secondary N) is 1. The summed E-state index contributed by atoms with van der Waals surface area (Å²) in [6.45, 7) is 1.89. The van der Waals surface area contributed by atoms with Crippen molar-refractivity contribution in [3.63, 3.8) is 0 Å². The van der Waals surface area contributed by atoms with E-state index in [1.165, 1.54) is 18.2 Å². The van der Waals surface area contributed by atoms with Crippen molar-refractivity contribution in [1.29, 1.82) is 0 Å². The van der Waals surface area contributed by atoms with E-state index < -0.39 is 5.97 Å². The van der Waals surface area contributed by atoms with Gasteiger partial charge in [-0.3, -0.25) is 4.79 Å². The van der Waals surface area contributed by atoms with E-state index in [2.05, 4.69) is 21.2 Å². The van der Waals surface area contributed by atoms with Crippen molar-refractivity contribution < 1.29 is 14.7 Å². The molecule has 2 rings (SSSR count). The van der Waals surface area contributed by atoms with E-state index >= 15 is 0 Å². The molecule has 0 saturated carbocycles. The quantitative estimate of drug-likeness (QED) is 0.846. The minimum absolute atomic E-state index is 0.00796. The van der Waals surface area contributed by atoms with Gasteiger partial charge in [-0.1, -0.05) is 23.7 Å². The van der Waals surface area contributed by atoms with Crippen LogP contribution in [-0.4, -0.2) is 17.0 Å². The zero-order valence-corrected chi connectivity index (χ0v) is 13.3. The summed E-state index contributed by atoms with van der Waals surface area (Å²) in [6.07, 6.45) is 0. The van der Waals surface area contributed by atoms with E-state index in [1.54, 1.807) is 12.1 Å². The summed E-state index contributed by atoms with van der Waals surface area (Å²) in [7, 11) is 0. The Hall–Kier alpha value is -1.85. The van der Waals surface area contributed by atoms with Crippen LogP contribution < -0.4 is 5.32 Å². The Bertz CT molecular complexity index is 731. The van der Waals surface area contributed by atoms with Crippen LogP contribution in [0.15, 0.2) is 40.9 Å². The second-order valence-corrected chi connectivity index (χ2v) is 5.59. The largest absolute Gasteiger partial charge is 0.478 e. The van der Waals surface area contributed by atoms with Crippen LogP contribution in [0.1, 0.15) is 26.3 Å². The number of carboxylic acids is 1. The molecule has 0 aliphatic carbocycles. The summed E-state index contributed by atoms with van der Waals surface area (Å²) in [5, 5.41) is 11.7. The topological polar surface area (TPSA) is 66.4 Å². The zero-order chi connectivity index (χ0) is 15.6. The fourth-order valence-corrected chi connectivity index (χ4v) is 2.49. The minimum Gasteiger partial charge on any atom is -0.478 e. The van der Waals surface area contributed by atoms with Gasteiger partial charge < -0.3 is 10.4 Å². The number of carbonyl (C=O) groups excluding carboxylic acids is 1. The fourth-order valence-electron chi connectivity index (χ4n) is 1.79. The Morgan fingerprint density at radius 3 is 2.52 bits per heavy atom. The number of benzene rings is 2. The number of amides is 1. The average Bonchev–Trinajstić information content (AvgIpc) is 2.41. The third-order valence-corrected chi connectivity index (χ3v) is 4.26. The highest BCUT2D eigenvalue weighted by Gasteiger charge is 2.13. The van der Waals surface area contributed by atoms with E-state index in [0.29, 0.717) is 11.3 Å². The molecule has 6 heteroatoms. The van der Waals surface area contributed by atoms with Crippen molar-refractivity contribution in [2.75, 3.05) is 5.32 Å². The van der Waals surface area contributed by atoms with Gasteiger partial charge in [-0.15, -0.1) is 0 Å². The summed E-state index contributed by atoms with van der Waals surface area (Å²) in [5.41, 5.74) is 1.87. The maximum atomic E-state index is 12.2. The Kier molecular flexibility index (Phi) is 4.65. The van der Waals surface area contributed by atoms with Crippen LogP contribution in [0.5, 0.6) is 0 Å². The molecule has 108 valence electrons. The first-order valence-electron chi connectivity index (χ1n) is 5.99. The van der Waals surface area contributed by atoms with Gasteiger partial charge in [-0.2, -0.15) is 0 Å². The van der Waals surface area contributed by atoms with E-state index in [-0.39, 0.29) is 16.5 Å². The molecule has 2 aromatic rings. The summed E-state index contributed by atoms with van der Waals surface area (Å²) in [6, 6.07) is 9.63. The first kappa shape index (κ1) is 15.5. The lowest BCUT2D eigenvalue weighted by Crippen LogP contribution is -2.13. The van der Waals surface area contributed by atoms with Crippen molar-refractivity contribution in [3.05, 3.63) is 62.6 Å². The number of carbonyl (C=O) groups is 2. The zero-order valence-electron chi connectivity index (χ0n) is 11.0. The van der Waals surface area contributed by atoms with Crippen LogP contribution in [-0.2, 0) is 0 Å². The van der Waals surface area contributed by atoms with Crippen molar-refractivity contribution in [1.82, 2.24) is 0 Å². The Morgan fingerprint density at radius 2 is 1.90 bits per heavy atom. The average molecular weight is 369 g/mol. The molecular formula is C15H11BrClNO3. The van der Waals surface area contributed by atoms with Crippen molar-refractivity contribution in [3.8, 4) is 0 Å². The lowest BCUT2D eigenvalue weighted by molar-refractivity contribution is 0.0697. The molecule has 0 saturated heterocycles. The number of anilines is 1. The smallest absolute Gasteiger partial charge is 0.337 e. The van der Waals surface area contributed by atoms with Gasteiger partial charge in [0.25, 0.3) is 5.91 Å². The van der Waals surface area contributed by atoms with Gasteiger partial charge in [-0.05, 0) is 52.7 Å². The van der Waals surface area contributed by atoms with Crippen LogP contribution in [0, 0.1) is 6.92 Å². The first-order chi connectivity index (χ1) is 9.90. The second-order valence-electron chi connectivity index (χ2n) is 4.39. The molecule has 4 nitrogen and oxygen atoms in total. The number of carboxylic acid groups (broad SMARTS) is 1. The first-order valence-corrected chi connectivity index (χ1v) is 7.16. The standard InChI is InChI=1S/C15H11BrClNO3/c1-8-3-2-4-11(13(8)16)14(19)18-9-5-6-10(15(20)21)12(17)7-9/h2-7H,1H3,(H,18,19)(H,20,21). The summed E-state index contributed by atoms with van der Waals surface area (Å²) in [4.78, 5) is 23.1. The van der Waals surface area contributed by atoms with Crippen LogP contribution in [0.2, 0.25) is 5.02 Å². The van der Waals surface area contributed by atoms with Crippen molar-refractivity contribution in [2.24, 2.45) is 0 Å². The van der Waals surface area contributed by atoms with Gasteiger partial charge in [0.2, 0.25) is 0 Å². The van der Waals surface area contributed by atoms with Gasteiger partial charge in [0, 0.05) is 10.2 Å². The predicted molar refractivity (Wildman–Crippen MR) is 85.2 cm³/mol. The summed E-state index contributed by atoms with van der Waals surface area (Å²) < 4.78 is 0.718. The molecule has 0 spiro atoms. The molecular weight excluding hydrogens is 358 g/mol. The number of halogens is 2. The molecule has 2 N–H and O–H groups in total. The molecule has 0 aliphatic rings. The molecule has 0 aromatic heterocycles. The maximum absolute atomic E-state index is 12.2. The van der Waals surface area contributed by atoms with Crippen LogP contribution >= 0.6 is 27.5 Å². The molecule has 21 heavy (non-hydrogen) atoms. The molecule has 1 amide bonds. The number of rotatable bonds is 3. The van der Waals surface area contributed by atoms with Gasteiger partial charge >= 0.3 is 5.97 Å². The molecule has 2 aromatic carbocycles. The van der Waals surface area contributed by atoms with Crippen LogP contribution in [0.25, 0.3) is 0 Å². The Morgan fingerprint density at radius 1 is 1.19 bits per heavy atom. The van der Waals surface area contributed by atoms with Crippen molar-refractivity contribution in [2.45, 2.75) is 6.92 Å². The predicted octanol–water partition coefficient (Wildman–Crippen LogP) is 4.36. The Labute approximate surface area is 134 Å². The Balaban J connectivity index is 2.26. The highest BCUT2D eigenvalue weighted by Crippen LogP contribution is 2.24. The third kappa shape index (κ3) is 3.43. The van der Waals surface area contributed by atoms with Crippen LogP contribution in [0.4, 0.5) is 5.69 Å².